The predicted octanol–water partition coefficient (Wildman–Crippen LogP) is 3.41. The molecule has 2 unspecified atom stereocenters. The Morgan fingerprint density at radius 3 is 3.06 bits per heavy atom. The van der Waals surface area contributed by atoms with E-state index in [1.165, 1.54) is 30.4 Å². The molecule has 94 valence electrons. The van der Waals surface area contributed by atoms with Crippen molar-refractivity contribution in [2.45, 2.75) is 45.6 Å². The van der Waals surface area contributed by atoms with Crippen molar-refractivity contribution in [3.63, 3.8) is 0 Å². The van der Waals surface area contributed by atoms with Crippen molar-refractivity contribution in [2.75, 3.05) is 6.54 Å². The number of phenols is 1. The van der Waals surface area contributed by atoms with E-state index in [1.807, 2.05) is 6.07 Å². The molecule has 1 aliphatic carbocycles. The summed E-state index contributed by atoms with van der Waals surface area (Å²) in [6.45, 7) is 5.57. The molecule has 1 aromatic rings. The molecule has 1 aromatic carbocycles. The van der Waals surface area contributed by atoms with Gasteiger partial charge in [0.15, 0.2) is 0 Å². The highest BCUT2D eigenvalue weighted by Crippen LogP contribution is 2.32. The Morgan fingerprint density at radius 1 is 1.47 bits per heavy atom. The van der Waals surface area contributed by atoms with Gasteiger partial charge in [-0.3, -0.25) is 0 Å². The van der Waals surface area contributed by atoms with E-state index in [2.05, 4.69) is 25.2 Å². The van der Waals surface area contributed by atoms with Crippen LogP contribution in [0.1, 0.15) is 50.3 Å². The fraction of sp³-hybridized carbons (Fsp3) is 0.600. The summed E-state index contributed by atoms with van der Waals surface area (Å²) >= 11 is 0. The van der Waals surface area contributed by atoms with Crippen LogP contribution in [0.5, 0.6) is 5.75 Å². The summed E-state index contributed by atoms with van der Waals surface area (Å²) in [5, 5.41) is 13.2. The van der Waals surface area contributed by atoms with E-state index in [9.17, 15) is 5.11 Å². The zero-order valence-corrected chi connectivity index (χ0v) is 10.9. The van der Waals surface area contributed by atoms with Crippen LogP contribution in [0.3, 0.4) is 0 Å². The number of aryl methyl sites for hydroxylation is 1. The van der Waals surface area contributed by atoms with Gasteiger partial charge in [-0.1, -0.05) is 26.3 Å². The predicted molar refractivity (Wildman–Crippen MR) is 71.2 cm³/mol. The van der Waals surface area contributed by atoms with Gasteiger partial charge in [-0.2, -0.15) is 0 Å². The molecule has 0 aromatic heterocycles. The average Bonchev–Trinajstić information content (AvgIpc) is 2.35. The third-order valence-corrected chi connectivity index (χ3v) is 3.85. The second kappa shape index (κ2) is 5.54. The van der Waals surface area contributed by atoms with Crippen LogP contribution in [-0.2, 0) is 6.42 Å². The second-order valence-electron chi connectivity index (χ2n) is 5.25. The van der Waals surface area contributed by atoms with E-state index in [4.69, 9.17) is 0 Å². The van der Waals surface area contributed by atoms with Crippen LogP contribution in [0, 0.1) is 5.92 Å². The van der Waals surface area contributed by atoms with Crippen LogP contribution in [0.25, 0.3) is 0 Å². The largest absolute Gasteiger partial charge is 0.508 e. The molecule has 2 atom stereocenters. The van der Waals surface area contributed by atoms with E-state index in [1.54, 1.807) is 6.07 Å². The van der Waals surface area contributed by atoms with Gasteiger partial charge in [0.2, 0.25) is 0 Å². The Hall–Kier alpha value is -1.02. The van der Waals surface area contributed by atoms with Gasteiger partial charge in [-0.05, 0) is 55.0 Å². The molecule has 0 saturated carbocycles. The molecule has 1 aliphatic rings. The number of phenolic OH excluding ortho intramolecular Hbond substituents is 1. The van der Waals surface area contributed by atoms with E-state index >= 15 is 0 Å². The van der Waals surface area contributed by atoms with Crippen LogP contribution in [-0.4, -0.2) is 11.7 Å². The Morgan fingerprint density at radius 2 is 2.29 bits per heavy atom. The van der Waals surface area contributed by atoms with Gasteiger partial charge in [-0.15, -0.1) is 0 Å². The minimum absolute atomic E-state index is 0.390. The Balaban J connectivity index is 2.08. The highest BCUT2D eigenvalue weighted by Gasteiger charge is 2.20. The number of benzene rings is 1. The number of hydrogen-bond donors (Lipinski definition) is 2. The quantitative estimate of drug-likeness (QED) is 0.835. The first-order valence-corrected chi connectivity index (χ1v) is 6.76. The number of rotatable bonds is 4. The van der Waals surface area contributed by atoms with E-state index in [0.29, 0.717) is 11.8 Å². The minimum Gasteiger partial charge on any atom is -0.508 e. The van der Waals surface area contributed by atoms with E-state index in [0.717, 1.165) is 18.9 Å². The average molecular weight is 233 g/mol. The highest BCUT2D eigenvalue weighted by atomic mass is 16.3. The molecule has 0 aliphatic heterocycles. The number of aromatic hydroxyl groups is 1. The van der Waals surface area contributed by atoms with Gasteiger partial charge < -0.3 is 10.4 Å². The Bertz CT molecular complexity index is 375. The molecule has 2 rings (SSSR count). The first-order valence-electron chi connectivity index (χ1n) is 6.76. The van der Waals surface area contributed by atoms with Gasteiger partial charge in [0, 0.05) is 6.04 Å². The zero-order chi connectivity index (χ0) is 12.3. The summed E-state index contributed by atoms with van der Waals surface area (Å²) in [4.78, 5) is 0. The summed E-state index contributed by atoms with van der Waals surface area (Å²) in [5.74, 6) is 1.11. The molecule has 0 radical (unpaired) electrons. The molecular weight excluding hydrogens is 210 g/mol. The van der Waals surface area contributed by atoms with Crippen LogP contribution in [0.2, 0.25) is 0 Å². The third kappa shape index (κ3) is 3.01. The molecule has 0 saturated heterocycles. The molecule has 0 bridgehead atoms. The SMILES string of the molecule is CCC(C)CNC1CCCc2ccc(O)cc21. The fourth-order valence-corrected chi connectivity index (χ4v) is 2.49. The molecule has 0 spiro atoms. The molecule has 0 amide bonds. The molecule has 17 heavy (non-hydrogen) atoms. The lowest BCUT2D eigenvalue weighted by molar-refractivity contribution is 0.405. The standard InChI is InChI=1S/C15H23NO/c1-3-11(2)10-16-15-6-4-5-12-7-8-13(17)9-14(12)15/h7-9,11,15-17H,3-6,10H2,1-2H3. The van der Waals surface area contributed by atoms with Crippen molar-refractivity contribution in [3.8, 4) is 5.75 Å². The first kappa shape index (κ1) is 12.4. The summed E-state index contributed by atoms with van der Waals surface area (Å²) in [6.07, 6.45) is 4.80. The van der Waals surface area contributed by atoms with Crippen molar-refractivity contribution >= 4 is 0 Å². The van der Waals surface area contributed by atoms with Crippen molar-refractivity contribution in [1.29, 1.82) is 0 Å². The lowest BCUT2D eigenvalue weighted by Crippen LogP contribution is -2.28. The van der Waals surface area contributed by atoms with Gasteiger partial charge in [0.05, 0.1) is 0 Å². The molecular formula is C15H23NO. The minimum atomic E-state index is 0.390. The molecule has 2 nitrogen and oxygen atoms in total. The summed E-state index contributed by atoms with van der Waals surface area (Å²) in [5.41, 5.74) is 2.70. The van der Waals surface area contributed by atoms with Crippen molar-refractivity contribution in [3.05, 3.63) is 29.3 Å². The van der Waals surface area contributed by atoms with Crippen LogP contribution < -0.4 is 5.32 Å². The third-order valence-electron chi connectivity index (χ3n) is 3.85. The summed E-state index contributed by atoms with van der Waals surface area (Å²) in [6, 6.07) is 6.24. The van der Waals surface area contributed by atoms with Gasteiger partial charge in [0.25, 0.3) is 0 Å². The van der Waals surface area contributed by atoms with Crippen LogP contribution in [0.4, 0.5) is 0 Å². The maximum absolute atomic E-state index is 9.60. The van der Waals surface area contributed by atoms with Gasteiger partial charge >= 0.3 is 0 Å². The number of hydrogen-bond acceptors (Lipinski definition) is 2. The molecule has 2 heteroatoms. The van der Waals surface area contributed by atoms with Gasteiger partial charge in [0.1, 0.15) is 5.75 Å². The second-order valence-corrected chi connectivity index (χ2v) is 5.25. The van der Waals surface area contributed by atoms with Gasteiger partial charge in [-0.25, -0.2) is 0 Å². The summed E-state index contributed by atoms with van der Waals surface area (Å²) < 4.78 is 0. The lowest BCUT2D eigenvalue weighted by Gasteiger charge is -2.27. The summed E-state index contributed by atoms with van der Waals surface area (Å²) in [7, 11) is 0. The van der Waals surface area contributed by atoms with Crippen molar-refractivity contribution in [2.24, 2.45) is 5.92 Å². The Labute approximate surface area is 104 Å². The fourth-order valence-electron chi connectivity index (χ4n) is 2.49. The van der Waals surface area contributed by atoms with E-state index in [-0.39, 0.29) is 0 Å². The first-order chi connectivity index (χ1) is 8.20. The monoisotopic (exact) mass is 233 g/mol. The maximum atomic E-state index is 9.60. The lowest BCUT2D eigenvalue weighted by atomic mass is 9.87. The molecule has 0 fully saturated rings. The highest BCUT2D eigenvalue weighted by molar-refractivity contribution is 5.38. The number of nitrogens with one attached hydrogen (secondary N) is 1. The number of fused-ring (bicyclic) bond motifs is 1. The molecule has 0 heterocycles. The zero-order valence-electron chi connectivity index (χ0n) is 10.9. The van der Waals surface area contributed by atoms with E-state index < -0.39 is 0 Å². The van der Waals surface area contributed by atoms with Crippen molar-refractivity contribution < 1.29 is 5.11 Å². The van der Waals surface area contributed by atoms with Crippen LogP contribution in [0.15, 0.2) is 18.2 Å². The van der Waals surface area contributed by atoms with Crippen LogP contribution >= 0.6 is 0 Å². The topological polar surface area (TPSA) is 32.3 Å². The maximum Gasteiger partial charge on any atom is 0.115 e. The van der Waals surface area contributed by atoms with Crippen molar-refractivity contribution in [1.82, 2.24) is 5.32 Å². The molecule has 2 N–H and O–H groups in total. The Kier molecular flexibility index (Phi) is 4.06. The normalized spacial score (nSPS) is 20.9. The smallest absolute Gasteiger partial charge is 0.115 e.